The Morgan fingerprint density at radius 1 is 1.08 bits per heavy atom. The molecule has 4 aromatic rings. The molecule has 1 aliphatic rings. The number of sulfonamides is 1. The monoisotopic (exact) mass is 560 g/mol. The van der Waals surface area contributed by atoms with Gasteiger partial charge >= 0.3 is 5.69 Å². The number of phenols is 1. The second-order valence-electron chi connectivity index (χ2n) is 8.23. The van der Waals surface area contributed by atoms with Gasteiger partial charge in [-0.05, 0) is 48.2 Å². The van der Waals surface area contributed by atoms with E-state index in [4.69, 9.17) is 27.9 Å². The van der Waals surface area contributed by atoms with Gasteiger partial charge in [0.2, 0.25) is 10.0 Å². The first-order valence-corrected chi connectivity index (χ1v) is 13.2. The lowest BCUT2D eigenvalue weighted by Crippen LogP contribution is -2.30. The van der Waals surface area contributed by atoms with Crippen LogP contribution in [0.25, 0.3) is 5.69 Å². The van der Waals surface area contributed by atoms with Gasteiger partial charge in [0, 0.05) is 12.1 Å². The van der Waals surface area contributed by atoms with Crippen LogP contribution in [0.15, 0.2) is 75.3 Å². The smallest absolute Gasteiger partial charge is 0.349 e. The van der Waals surface area contributed by atoms with E-state index in [0.717, 1.165) is 34.5 Å². The molecule has 1 aliphatic carbocycles. The maximum absolute atomic E-state index is 13.2. The molecule has 0 amide bonds. The number of halogens is 2. The van der Waals surface area contributed by atoms with E-state index in [0.29, 0.717) is 6.42 Å². The number of hydrogen-bond acceptors (Lipinski definition) is 7. The van der Waals surface area contributed by atoms with Gasteiger partial charge < -0.3 is 9.84 Å². The van der Waals surface area contributed by atoms with Crippen LogP contribution in [0.2, 0.25) is 10.0 Å². The second-order valence-corrected chi connectivity index (χ2v) is 10.7. The number of aromatic amines is 1. The van der Waals surface area contributed by atoms with Crippen LogP contribution in [0.5, 0.6) is 17.2 Å². The topological polar surface area (TPSA) is 143 Å². The maximum Gasteiger partial charge on any atom is 0.349 e. The highest BCUT2D eigenvalue weighted by Crippen LogP contribution is 2.40. The van der Waals surface area contributed by atoms with Gasteiger partial charge in [0.25, 0.3) is 5.56 Å². The number of rotatable bonds is 6. The largest absolute Gasteiger partial charge is 0.507 e. The van der Waals surface area contributed by atoms with Crippen LogP contribution in [-0.4, -0.2) is 28.3 Å². The van der Waals surface area contributed by atoms with E-state index in [-0.39, 0.29) is 32.1 Å². The number of aromatic hydroxyl groups is 1. The van der Waals surface area contributed by atoms with Crippen molar-refractivity contribution >= 4 is 33.2 Å². The Morgan fingerprint density at radius 2 is 1.81 bits per heavy atom. The van der Waals surface area contributed by atoms with Crippen molar-refractivity contribution in [2.24, 2.45) is 0 Å². The fourth-order valence-electron chi connectivity index (χ4n) is 4.12. The molecule has 0 saturated carbocycles. The third-order valence-corrected chi connectivity index (χ3v) is 7.87. The quantitative estimate of drug-likeness (QED) is 0.326. The average Bonchev–Trinajstić information content (AvgIpc) is 3.24. The summed E-state index contributed by atoms with van der Waals surface area (Å²) in [6.45, 7) is 0. The Hall–Kier alpha value is -3.64. The van der Waals surface area contributed by atoms with Crippen molar-refractivity contribution in [2.75, 3.05) is 0 Å². The van der Waals surface area contributed by atoms with Crippen LogP contribution >= 0.6 is 23.2 Å². The zero-order valence-electron chi connectivity index (χ0n) is 18.8. The molecule has 0 radical (unpaired) electrons. The molecule has 0 saturated heterocycles. The van der Waals surface area contributed by atoms with Gasteiger partial charge in [0.15, 0.2) is 5.75 Å². The molecule has 0 spiro atoms. The van der Waals surface area contributed by atoms with E-state index in [1.165, 1.54) is 24.3 Å². The number of benzene rings is 3. The highest BCUT2D eigenvalue weighted by Gasteiger charge is 2.29. The van der Waals surface area contributed by atoms with Crippen molar-refractivity contribution in [3.05, 3.63) is 103 Å². The molecule has 1 heterocycles. The third-order valence-electron chi connectivity index (χ3n) is 5.81. The Labute approximate surface area is 220 Å². The fourth-order valence-corrected chi connectivity index (χ4v) is 6.04. The summed E-state index contributed by atoms with van der Waals surface area (Å²) in [5.74, 6) is -0.431. The number of hydrogen-bond donors (Lipinski definition) is 3. The molecule has 0 aliphatic heterocycles. The summed E-state index contributed by atoms with van der Waals surface area (Å²) in [6, 6.07) is 13.5. The minimum Gasteiger partial charge on any atom is -0.507 e. The molecule has 1 atom stereocenters. The van der Waals surface area contributed by atoms with E-state index in [2.05, 4.69) is 14.8 Å². The molecule has 3 N–H and O–H groups in total. The lowest BCUT2D eigenvalue weighted by atomic mass is 10.1. The SMILES string of the molecule is O=c1cnn(-c2cc(Cl)c(Oc3ccc(O)c(S(=O)(=O)NC4CCc5ccccc54)c3)c(Cl)c2)c(=O)[nH]1. The van der Waals surface area contributed by atoms with Gasteiger partial charge in [-0.1, -0.05) is 47.5 Å². The van der Waals surface area contributed by atoms with Crippen LogP contribution in [0, 0.1) is 0 Å². The predicted molar refractivity (Wildman–Crippen MR) is 136 cm³/mol. The highest BCUT2D eigenvalue weighted by atomic mass is 35.5. The minimum atomic E-state index is -4.12. The van der Waals surface area contributed by atoms with Crippen molar-refractivity contribution in [1.82, 2.24) is 19.5 Å². The van der Waals surface area contributed by atoms with Crippen molar-refractivity contribution in [2.45, 2.75) is 23.8 Å². The van der Waals surface area contributed by atoms with Gasteiger partial charge in [0.1, 0.15) is 22.6 Å². The van der Waals surface area contributed by atoms with Crippen molar-refractivity contribution in [1.29, 1.82) is 0 Å². The first-order valence-electron chi connectivity index (χ1n) is 10.9. The number of fused-ring (bicyclic) bond motifs is 1. The van der Waals surface area contributed by atoms with Gasteiger partial charge in [-0.15, -0.1) is 0 Å². The second kappa shape index (κ2) is 9.67. The van der Waals surface area contributed by atoms with E-state index in [1.54, 1.807) is 0 Å². The number of H-pyrrole nitrogens is 1. The van der Waals surface area contributed by atoms with Crippen molar-refractivity contribution < 1.29 is 18.3 Å². The summed E-state index contributed by atoms with van der Waals surface area (Å²) in [7, 11) is -4.12. The van der Waals surface area contributed by atoms with E-state index < -0.39 is 33.1 Å². The molecule has 190 valence electrons. The Morgan fingerprint density at radius 3 is 2.54 bits per heavy atom. The van der Waals surface area contributed by atoms with Gasteiger partial charge in [-0.25, -0.2) is 17.9 Å². The standard InChI is InChI=1S/C24H18Cl2N4O6S/c25-17-9-14(30-24(33)28-22(32)12-27-30)10-18(26)23(17)36-15-6-8-20(31)21(11-15)37(34,35)29-19-7-5-13-3-1-2-4-16(13)19/h1-4,6,8-12,19,29,31H,5,7H2,(H,28,32,33). The summed E-state index contributed by atoms with van der Waals surface area (Å²) in [6.07, 6.45) is 2.26. The lowest BCUT2D eigenvalue weighted by Gasteiger charge is -2.16. The molecule has 37 heavy (non-hydrogen) atoms. The fraction of sp³-hybridized carbons (Fsp3) is 0.125. The summed E-state index contributed by atoms with van der Waals surface area (Å²) < 4.78 is 35.7. The van der Waals surface area contributed by atoms with E-state index >= 15 is 0 Å². The average molecular weight is 561 g/mol. The molecule has 3 aromatic carbocycles. The van der Waals surface area contributed by atoms with Crippen LogP contribution in [-0.2, 0) is 16.4 Å². The molecule has 1 aromatic heterocycles. The molecular weight excluding hydrogens is 543 g/mol. The Kier molecular flexibility index (Phi) is 6.54. The van der Waals surface area contributed by atoms with Crippen molar-refractivity contribution in [3.8, 4) is 22.9 Å². The summed E-state index contributed by atoms with van der Waals surface area (Å²) in [5, 5.41) is 14.1. The Bertz CT molecular complexity index is 1730. The van der Waals surface area contributed by atoms with E-state index in [1.807, 2.05) is 24.3 Å². The summed E-state index contributed by atoms with van der Waals surface area (Å²) in [4.78, 5) is 25.0. The van der Waals surface area contributed by atoms with Crippen LogP contribution in [0.4, 0.5) is 0 Å². The molecule has 13 heteroatoms. The lowest BCUT2D eigenvalue weighted by molar-refractivity contribution is 0.447. The molecule has 1 unspecified atom stereocenters. The third kappa shape index (κ3) is 4.98. The molecule has 0 bridgehead atoms. The van der Waals surface area contributed by atoms with Gasteiger partial charge in [0.05, 0.1) is 15.7 Å². The zero-order chi connectivity index (χ0) is 26.3. The number of aromatic nitrogens is 3. The minimum absolute atomic E-state index is 0.0134. The van der Waals surface area contributed by atoms with Crippen molar-refractivity contribution in [3.63, 3.8) is 0 Å². The number of aryl methyl sites for hydroxylation is 1. The van der Waals surface area contributed by atoms with Crippen LogP contribution in [0.3, 0.4) is 0 Å². The number of ether oxygens (including phenoxy) is 1. The highest BCUT2D eigenvalue weighted by molar-refractivity contribution is 7.89. The number of phenolic OH excluding ortho intramolecular Hbond substituents is 1. The zero-order valence-corrected chi connectivity index (χ0v) is 21.1. The first-order chi connectivity index (χ1) is 17.6. The number of nitrogens with one attached hydrogen (secondary N) is 2. The van der Waals surface area contributed by atoms with E-state index in [9.17, 15) is 23.1 Å². The van der Waals surface area contributed by atoms with Gasteiger partial charge in [-0.3, -0.25) is 9.78 Å². The molecule has 0 fully saturated rings. The molecule has 10 nitrogen and oxygen atoms in total. The normalized spacial score (nSPS) is 14.9. The summed E-state index contributed by atoms with van der Waals surface area (Å²) >= 11 is 12.7. The van der Waals surface area contributed by atoms with Gasteiger partial charge in [-0.2, -0.15) is 9.78 Å². The molecule has 5 rings (SSSR count). The van der Waals surface area contributed by atoms with Crippen LogP contribution in [0.1, 0.15) is 23.6 Å². The Balaban J connectivity index is 1.43. The number of nitrogens with zero attached hydrogens (tertiary/aromatic N) is 2. The first kappa shape index (κ1) is 25.0. The maximum atomic E-state index is 13.2. The summed E-state index contributed by atoms with van der Waals surface area (Å²) in [5.41, 5.74) is 0.678. The van der Waals surface area contributed by atoms with Crippen LogP contribution < -0.4 is 20.7 Å². The molecular formula is C24H18Cl2N4O6S. The predicted octanol–water partition coefficient (Wildman–Crippen LogP) is 3.69.